The number of cyclic esters (lactones) is 1. The highest BCUT2D eigenvalue weighted by Gasteiger charge is 2.50. The van der Waals surface area contributed by atoms with Crippen LogP contribution < -0.4 is 0 Å². The Morgan fingerprint density at radius 2 is 1.74 bits per heavy atom. The monoisotopic (exact) mass is 757 g/mol. The zero-order valence-electron chi connectivity index (χ0n) is 34.4. The zero-order chi connectivity index (χ0) is 40.1. The third-order valence-corrected chi connectivity index (χ3v) is 12.2. The van der Waals surface area contributed by atoms with Crippen molar-refractivity contribution < 1.29 is 43.9 Å². The van der Waals surface area contributed by atoms with E-state index in [0.29, 0.717) is 25.9 Å². The second kappa shape index (κ2) is 18.6. The predicted octanol–water partition coefficient (Wildman–Crippen LogP) is 4.39. The number of Topliss-reactive ketones (excluding diaryl/α,β-unsaturated/α-hetero) is 1. The lowest BCUT2D eigenvalue weighted by molar-refractivity contribution is -0.295. The summed E-state index contributed by atoms with van der Waals surface area (Å²) in [6.07, 6.45) is -0.922. The molecule has 4 rings (SSSR count). The summed E-state index contributed by atoms with van der Waals surface area (Å²) in [5.74, 6) is -3.36. The van der Waals surface area contributed by atoms with Gasteiger partial charge in [0, 0.05) is 43.2 Å². The number of fused-ring (bicyclic) bond motifs is 1. The van der Waals surface area contributed by atoms with Crippen molar-refractivity contribution in [3.8, 4) is 0 Å². The lowest BCUT2D eigenvalue weighted by Gasteiger charge is -2.47. The molecule has 0 aliphatic carbocycles. The first-order valence-corrected chi connectivity index (χ1v) is 19.8. The van der Waals surface area contributed by atoms with E-state index in [0.717, 1.165) is 23.7 Å². The number of aliphatic hydroxyl groups is 3. The number of rotatable bonds is 9. The molecule has 54 heavy (non-hydrogen) atoms. The van der Waals surface area contributed by atoms with Crippen LogP contribution in [0, 0.1) is 17.8 Å². The van der Waals surface area contributed by atoms with Crippen molar-refractivity contribution in [3.05, 3.63) is 42.1 Å². The molecule has 0 spiro atoms. The molecule has 5 unspecified atom stereocenters. The van der Waals surface area contributed by atoms with Crippen LogP contribution in [0.2, 0.25) is 0 Å². The van der Waals surface area contributed by atoms with Crippen molar-refractivity contribution in [2.24, 2.45) is 17.8 Å². The summed E-state index contributed by atoms with van der Waals surface area (Å²) in [5, 5.41) is 36.3. The molecule has 0 bridgehead atoms. The average molecular weight is 758 g/mol. The number of methoxy groups -OCH3 is 1. The van der Waals surface area contributed by atoms with Crippen molar-refractivity contribution in [1.29, 1.82) is 0 Å². The Morgan fingerprint density at radius 3 is 2.39 bits per heavy atom. The smallest absolute Gasteiger partial charge is 0.316 e. The fraction of sp³-hybridized carbons (Fsp3) is 0.738. The maximum absolute atomic E-state index is 14.2. The van der Waals surface area contributed by atoms with Crippen LogP contribution in [-0.4, -0.2) is 136 Å². The van der Waals surface area contributed by atoms with Crippen LogP contribution in [0.4, 0.5) is 0 Å². The van der Waals surface area contributed by atoms with Gasteiger partial charge in [-0.2, -0.15) is 0 Å². The molecule has 2 fully saturated rings. The minimum atomic E-state index is -1.82. The van der Waals surface area contributed by atoms with Crippen molar-refractivity contribution in [3.63, 3.8) is 0 Å². The van der Waals surface area contributed by atoms with Gasteiger partial charge in [0.25, 0.3) is 0 Å². The maximum Gasteiger partial charge on any atom is 0.316 e. The molecule has 3 N–H and O–H groups in total. The minimum absolute atomic E-state index is 0.0576. The van der Waals surface area contributed by atoms with Gasteiger partial charge in [-0.25, -0.2) is 0 Å². The van der Waals surface area contributed by atoms with Gasteiger partial charge in [0.15, 0.2) is 12.1 Å². The normalized spacial score (nSPS) is 38.2. The number of nitrogens with zero attached hydrogens (tertiary/aromatic N) is 3. The number of aryl methyl sites for hydroxylation is 1. The molecule has 2 aromatic rings. The number of hydrogen-bond donors (Lipinski definition) is 3. The second-order valence-corrected chi connectivity index (χ2v) is 16.7. The predicted molar refractivity (Wildman–Crippen MR) is 208 cm³/mol. The lowest BCUT2D eigenvalue weighted by atomic mass is 9.78. The summed E-state index contributed by atoms with van der Waals surface area (Å²) in [6.45, 7) is 15.4. The largest absolute Gasteiger partial charge is 0.459 e. The van der Waals surface area contributed by atoms with Crippen LogP contribution in [0.25, 0.3) is 10.9 Å². The van der Waals surface area contributed by atoms with Gasteiger partial charge in [0.1, 0.15) is 29.8 Å². The number of pyridine rings is 1. The highest BCUT2D eigenvalue weighted by Crippen LogP contribution is 2.37. The standard InChI is InChI=1S/C42H67N3O9/c1-12-34-42(8,50)37(48)29(6)45(21-15-16-30-19-20-43-32-18-14-13-17-31(30)32)24-25(2)23-41(7,51-11)38(27(4)35(46)28(5)39(49)53-34)54-40-36(47)33(44(9)10)22-26(3)52-40/h13-14,17-20,25-29,33-34,36-38,40,47-48,50H,12,15-16,21-24H2,1-11H3/t25-,26-,27+,28-,29-,33?,34-,36?,37?,38?,40?,41-,42-/m1/s1. The third-order valence-electron chi connectivity index (χ3n) is 12.2. The Balaban J connectivity index is 1.72. The zero-order valence-corrected chi connectivity index (χ0v) is 34.4. The number of carbonyl (C=O) groups excluding carboxylic acids is 2. The Hall–Kier alpha value is -2.55. The molecule has 3 heterocycles. The molecule has 13 atom stereocenters. The number of ketones is 1. The van der Waals surface area contributed by atoms with E-state index in [-0.39, 0.29) is 24.5 Å². The number of aromatic nitrogens is 1. The molecule has 2 saturated heterocycles. The quantitative estimate of drug-likeness (QED) is 0.246. The molecule has 304 valence electrons. The third kappa shape index (κ3) is 9.87. The number of benzene rings is 1. The molecule has 1 aromatic heterocycles. The summed E-state index contributed by atoms with van der Waals surface area (Å²) in [4.78, 5) is 36.5. The fourth-order valence-corrected chi connectivity index (χ4v) is 8.77. The van der Waals surface area contributed by atoms with Gasteiger partial charge in [0.05, 0.1) is 23.3 Å². The Bertz CT molecular complexity index is 1530. The van der Waals surface area contributed by atoms with Crippen LogP contribution in [0.5, 0.6) is 0 Å². The Labute approximate surface area is 322 Å². The number of ether oxygens (including phenoxy) is 4. The Kier molecular flexibility index (Phi) is 15.2. The van der Waals surface area contributed by atoms with E-state index in [1.54, 1.807) is 21.0 Å². The summed E-state index contributed by atoms with van der Waals surface area (Å²) in [7, 11) is 5.39. The van der Waals surface area contributed by atoms with Crippen LogP contribution in [0.3, 0.4) is 0 Å². The van der Waals surface area contributed by atoms with Gasteiger partial charge in [-0.15, -0.1) is 0 Å². The van der Waals surface area contributed by atoms with E-state index in [2.05, 4.69) is 22.9 Å². The van der Waals surface area contributed by atoms with Crippen LogP contribution >= 0.6 is 0 Å². The van der Waals surface area contributed by atoms with E-state index in [9.17, 15) is 24.9 Å². The number of carbonyl (C=O) groups is 2. The van der Waals surface area contributed by atoms with Gasteiger partial charge in [-0.3, -0.25) is 19.5 Å². The molecule has 2 aliphatic heterocycles. The van der Waals surface area contributed by atoms with Crippen LogP contribution in [0.15, 0.2) is 36.5 Å². The summed E-state index contributed by atoms with van der Waals surface area (Å²) in [5.41, 5.74) is -0.769. The Morgan fingerprint density at radius 1 is 1.06 bits per heavy atom. The fourth-order valence-electron chi connectivity index (χ4n) is 8.77. The first-order valence-electron chi connectivity index (χ1n) is 19.8. The first kappa shape index (κ1) is 44.2. The van der Waals surface area contributed by atoms with Crippen LogP contribution in [-0.2, 0) is 35.0 Å². The molecule has 1 aromatic carbocycles. The van der Waals surface area contributed by atoms with E-state index in [1.807, 2.05) is 70.2 Å². The summed E-state index contributed by atoms with van der Waals surface area (Å²) in [6, 6.07) is 9.34. The molecule has 2 aliphatic rings. The summed E-state index contributed by atoms with van der Waals surface area (Å²) < 4.78 is 25.0. The van der Waals surface area contributed by atoms with Gasteiger partial charge in [-0.05, 0) is 111 Å². The number of para-hydroxylation sites is 1. The highest BCUT2D eigenvalue weighted by atomic mass is 16.7. The van der Waals surface area contributed by atoms with Crippen molar-refractivity contribution in [1.82, 2.24) is 14.8 Å². The van der Waals surface area contributed by atoms with E-state index in [1.165, 1.54) is 19.4 Å². The first-order chi connectivity index (χ1) is 25.4. The molecular weight excluding hydrogens is 690 g/mol. The van der Waals surface area contributed by atoms with Gasteiger partial charge >= 0.3 is 5.97 Å². The molecule has 12 heteroatoms. The van der Waals surface area contributed by atoms with Crippen LogP contribution in [0.1, 0.15) is 86.6 Å². The molecular formula is C42H67N3O9. The van der Waals surface area contributed by atoms with Crippen molar-refractivity contribution >= 4 is 22.7 Å². The van der Waals surface area contributed by atoms with E-state index < -0.39 is 71.5 Å². The molecule has 0 radical (unpaired) electrons. The number of aliphatic hydroxyl groups excluding tert-OH is 2. The molecule has 0 saturated carbocycles. The number of hydrogen-bond acceptors (Lipinski definition) is 12. The lowest BCUT2D eigenvalue weighted by Crippen LogP contribution is -2.59. The van der Waals surface area contributed by atoms with Gasteiger partial charge in [-0.1, -0.05) is 39.0 Å². The summed E-state index contributed by atoms with van der Waals surface area (Å²) >= 11 is 0. The minimum Gasteiger partial charge on any atom is -0.459 e. The second-order valence-electron chi connectivity index (χ2n) is 16.7. The average Bonchev–Trinajstić information content (AvgIpc) is 3.14. The maximum atomic E-state index is 14.2. The number of likely N-dealkylation sites (N-methyl/N-ethyl adjacent to an activating group) is 1. The topological polar surface area (TPSA) is 151 Å². The highest BCUT2D eigenvalue weighted by molar-refractivity contribution is 6.00. The van der Waals surface area contributed by atoms with Gasteiger partial charge in [0.2, 0.25) is 0 Å². The van der Waals surface area contributed by atoms with E-state index in [4.69, 9.17) is 18.9 Å². The van der Waals surface area contributed by atoms with Crippen molar-refractivity contribution in [2.75, 3.05) is 34.3 Å². The van der Waals surface area contributed by atoms with Crippen molar-refractivity contribution in [2.45, 2.75) is 148 Å². The number of esters is 1. The molecule has 12 nitrogen and oxygen atoms in total. The molecule has 0 amide bonds. The SMILES string of the molecule is CC[C@H]1OC(=O)[C@H](C)C(=O)[C@H](C)C(OC2O[C@H](C)CC(N(C)C)C2O)[C@](C)(OC)C[C@@H](C)CN(CCCc2ccnc3ccccc23)[C@H](C)C(O)[C@]1(C)O. The van der Waals surface area contributed by atoms with E-state index >= 15 is 0 Å². The van der Waals surface area contributed by atoms with Gasteiger partial charge < -0.3 is 39.2 Å².